The molecule has 0 spiro atoms. The second-order valence-electron chi connectivity index (χ2n) is 3.73. The predicted molar refractivity (Wildman–Crippen MR) is 75.1 cm³/mol. The van der Waals surface area contributed by atoms with E-state index in [-0.39, 0.29) is 5.97 Å². The first kappa shape index (κ1) is 14.3. The second kappa shape index (κ2) is 7.53. The van der Waals surface area contributed by atoms with Crippen LogP contribution in [0.4, 0.5) is 0 Å². The molecule has 1 rings (SSSR count). The Balaban J connectivity index is 2.64. The minimum Gasteiger partial charge on any atom is -0.479 e. The Hall–Kier alpha value is -0.780. The number of methoxy groups -OCH3 is 1. The van der Waals surface area contributed by atoms with Gasteiger partial charge in [-0.3, -0.25) is 0 Å². The maximum absolute atomic E-state index is 11.5. The van der Waals surface area contributed by atoms with E-state index < -0.39 is 6.10 Å². The lowest BCUT2D eigenvalue weighted by Crippen LogP contribution is -2.28. The van der Waals surface area contributed by atoms with Crippen molar-refractivity contribution in [2.45, 2.75) is 32.3 Å². The number of carbonyl (C=O) groups excluding carboxylic acids is 1. The van der Waals surface area contributed by atoms with E-state index >= 15 is 0 Å². The third-order valence-corrected chi connectivity index (χ3v) is 3.10. The number of rotatable bonds is 6. The molecule has 1 atom stereocenters. The van der Waals surface area contributed by atoms with E-state index in [2.05, 4.69) is 29.5 Å². The summed E-state index contributed by atoms with van der Waals surface area (Å²) in [6, 6.07) is 7.63. The highest BCUT2D eigenvalue weighted by Gasteiger charge is 2.20. The zero-order valence-corrected chi connectivity index (χ0v) is 12.3. The summed E-state index contributed by atoms with van der Waals surface area (Å²) in [5.41, 5.74) is 0. The quantitative estimate of drug-likeness (QED) is 0.584. The first-order valence-corrected chi connectivity index (χ1v) is 6.75. The average Bonchev–Trinajstić information content (AvgIpc) is 2.36. The van der Waals surface area contributed by atoms with Gasteiger partial charge >= 0.3 is 5.97 Å². The van der Waals surface area contributed by atoms with Crippen LogP contribution in [0.25, 0.3) is 0 Å². The van der Waals surface area contributed by atoms with Gasteiger partial charge in [0.2, 0.25) is 0 Å². The molecule has 0 saturated carbocycles. The summed E-state index contributed by atoms with van der Waals surface area (Å²) in [6.07, 6.45) is 2.17. The molecule has 1 aromatic carbocycles. The molecule has 0 aliphatic rings. The molecule has 1 unspecified atom stereocenters. The van der Waals surface area contributed by atoms with Crippen LogP contribution >= 0.6 is 22.6 Å². The van der Waals surface area contributed by atoms with Crippen molar-refractivity contribution in [3.63, 3.8) is 0 Å². The Bertz CT molecular complexity index is 348. The molecule has 17 heavy (non-hydrogen) atoms. The summed E-state index contributed by atoms with van der Waals surface area (Å²) in [6.45, 7) is 2.08. The van der Waals surface area contributed by atoms with Gasteiger partial charge in [0.25, 0.3) is 0 Å². The normalized spacial score (nSPS) is 11.9. The molecule has 0 amide bonds. The van der Waals surface area contributed by atoms with Crippen molar-refractivity contribution in [2.75, 3.05) is 7.11 Å². The van der Waals surface area contributed by atoms with Crippen LogP contribution < -0.4 is 4.74 Å². The van der Waals surface area contributed by atoms with Gasteiger partial charge in [-0.25, -0.2) is 4.79 Å². The number of hydrogen-bond acceptors (Lipinski definition) is 3. The smallest absolute Gasteiger partial charge is 0.347 e. The molecule has 4 heteroatoms. The van der Waals surface area contributed by atoms with E-state index in [9.17, 15) is 4.79 Å². The highest BCUT2D eigenvalue weighted by atomic mass is 127. The van der Waals surface area contributed by atoms with Crippen molar-refractivity contribution in [1.29, 1.82) is 0 Å². The van der Waals surface area contributed by atoms with Crippen LogP contribution in [0.5, 0.6) is 5.75 Å². The average molecular weight is 348 g/mol. The Kier molecular flexibility index (Phi) is 6.32. The van der Waals surface area contributed by atoms with E-state index in [1.807, 2.05) is 24.3 Å². The standard InChI is InChI=1S/C13H17IO3/c1-3-4-5-12(13(15)16-2)17-11-8-6-10(14)7-9-11/h6-9,12H,3-5H2,1-2H3. The fourth-order valence-electron chi connectivity index (χ4n) is 1.42. The molecule has 94 valence electrons. The minimum atomic E-state index is -0.500. The van der Waals surface area contributed by atoms with Crippen molar-refractivity contribution in [2.24, 2.45) is 0 Å². The number of esters is 1. The summed E-state index contributed by atoms with van der Waals surface area (Å²) in [4.78, 5) is 11.5. The highest BCUT2D eigenvalue weighted by molar-refractivity contribution is 14.1. The van der Waals surface area contributed by atoms with Crippen molar-refractivity contribution in [1.82, 2.24) is 0 Å². The van der Waals surface area contributed by atoms with Crippen LogP contribution in [0.2, 0.25) is 0 Å². The molecule has 0 bridgehead atoms. The van der Waals surface area contributed by atoms with E-state index in [0.717, 1.165) is 16.4 Å². The van der Waals surface area contributed by atoms with Crippen LogP contribution in [0.15, 0.2) is 24.3 Å². The topological polar surface area (TPSA) is 35.5 Å². The molecule has 0 aliphatic heterocycles. The van der Waals surface area contributed by atoms with Crippen LogP contribution in [-0.2, 0) is 9.53 Å². The molecule has 0 fully saturated rings. The molecule has 0 heterocycles. The number of benzene rings is 1. The van der Waals surface area contributed by atoms with Crippen LogP contribution in [-0.4, -0.2) is 19.2 Å². The van der Waals surface area contributed by atoms with Gasteiger partial charge in [-0.1, -0.05) is 13.3 Å². The highest BCUT2D eigenvalue weighted by Crippen LogP contribution is 2.17. The molecule has 0 aliphatic carbocycles. The molecule has 0 aromatic heterocycles. The van der Waals surface area contributed by atoms with Crippen molar-refractivity contribution in [3.8, 4) is 5.75 Å². The fraction of sp³-hybridized carbons (Fsp3) is 0.462. The maximum atomic E-state index is 11.5. The SMILES string of the molecule is CCCCC(Oc1ccc(I)cc1)C(=O)OC. The first-order chi connectivity index (χ1) is 8.17. The largest absolute Gasteiger partial charge is 0.479 e. The van der Waals surface area contributed by atoms with Gasteiger partial charge in [-0.2, -0.15) is 0 Å². The van der Waals surface area contributed by atoms with Gasteiger partial charge in [0.05, 0.1) is 7.11 Å². The van der Waals surface area contributed by atoms with Crippen molar-refractivity contribution >= 4 is 28.6 Å². The Morgan fingerprint density at radius 3 is 2.53 bits per heavy atom. The second-order valence-corrected chi connectivity index (χ2v) is 4.97. The summed E-state index contributed by atoms with van der Waals surface area (Å²) in [7, 11) is 1.39. The first-order valence-electron chi connectivity index (χ1n) is 5.67. The van der Waals surface area contributed by atoms with Crippen LogP contribution in [0.3, 0.4) is 0 Å². The maximum Gasteiger partial charge on any atom is 0.347 e. The summed E-state index contributed by atoms with van der Waals surface area (Å²) in [5, 5.41) is 0. The van der Waals surface area contributed by atoms with Crippen LogP contribution in [0.1, 0.15) is 26.2 Å². The molecular weight excluding hydrogens is 331 g/mol. The zero-order valence-electron chi connectivity index (χ0n) is 10.1. The monoisotopic (exact) mass is 348 g/mol. The van der Waals surface area contributed by atoms with E-state index in [1.54, 1.807) is 0 Å². The number of hydrogen-bond donors (Lipinski definition) is 0. The van der Waals surface area contributed by atoms with E-state index in [4.69, 9.17) is 9.47 Å². The van der Waals surface area contributed by atoms with E-state index in [1.165, 1.54) is 7.11 Å². The number of unbranched alkanes of at least 4 members (excludes halogenated alkanes) is 1. The lowest BCUT2D eigenvalue weighted by molar-refractivity contribution is -0.149. The lowest BCUT2D eigenvalue weighted by atomic mass is 10.1. The van der Waals surface area contributed by atoms with Gasteiger partial charge < -0.3 is 9.47 Å². The summed E-state index contributed by atoms with van der Waals surface area (Å²) >= 11 is 2.23. The number of ether oxygens (including phenoxy) is 2. The van der Waals surface area contributed by atoms with Gasteiger partial charge in [0.15, 0.2) is 6.10 Å². The number of carbonyl (C=O) groups is 1. The molecular formula is C13H17IO3. The van der Waals surface area contributed by atoms with Gasteiger partial charge in [0.1, 0.15) is 5.75 Å². The Morgan fingerprint density at radius 2 is 2.00 bits per heavy atom. The summed E-state index contributed by atoms with van der Waals surface area (Å²) in [5.74, 6) is 0.397. The minimum absolute atomic E-state index is 0.308. The zero-order chi connectivity index (χ0) is 12.7. The summed E-state index contributed by atoms with van der Waals surface area (Å²) < 4.78 is 11.5. The van der Waals surface area contributed by atoms with Gasteiger partial charge in [0, 0.05) is 3.57 Å². The van der Waals surface area contributed by atoms with Gasteiger partial charge in [-0.15, -0.1) is 0 Å². The van der Waals surface area contributed by atoms with E-state index in [0.29, 0.717) is 12.2 Å². The third-order valence-electron chi connectivity index (χ3n) is 2.38. The molecule has 0 N–H and O–H groups in total. The lowest BCUT2D eigenvalue weighted by Gasteiger charge is -2.16. The van der Waals surface area contributed by atoms with Gasteiger partial charge in [-0.05, 0) is 59.7 Å². The Labute approximate surface area is 116 Å². The molecule has 3 nitrogen and oxygen atoms in total. The fourth-order valence-corrected chi connectivity index (χ4v) is 1.78. The third kappa shape index (κ3) is 4.93. The molecule has 1 aromatic rings. The Morgan fingerprint density at radius 1 is 1.35 bits per heavy atom. The van der Waals surface area contributed by atoms with Crippen LogP contribution in [0, 0.1) is 3.57 Å². The molecule has 0 radical (unpaired) electrons. The number of halogens is 1. The van der Waals surface area contributed by atoms with Crippen molar-refractivity contribution in [3.05, 3.63) is 27.8 Å². The molecule has 0 saturated heterocycles. The predicted octanol–water partition coefficient (Wildman–Crippen LogP) is 3.40. The van der Waals surface area contributed by atoms with Crippen molar-refractivity contribution < 1.29 is 14.3 Å².